The first-order valence-corrected chi connectivity index (χ1v) is 14.0. The van der Waals surface area contributed by atoms with Crippen molar-refractivity contribution in [3.8, 4) is 0 Å². The molecule has 0 aromatic carbocycles. The molecule has 0 bridgehead atoms. The number of aliphatic hydroxyl groups excluding tert-OH is 1. The topological polar surface area (TPSA) is 148 Å². The molecule has 0 aromatic heterocycles. The lowest BCUT2D eigenvalue weighted by Crippen LogP contribution is -2.62. The van der Waals surface area contributed by atoms with Crippen molar-refractivity contribution in [2.45, 2.75) is 89.6 Å². The zero-order valence-corrected chi connectivity index (χ0v) is 23.5. The first-order valence-electron chi connectivity index (χ1n) is 14.0. The predicted octanol–water partition coefficient (Wildman–Crippen LogP) is 1.85. The summed E-state index contributed by atoms with van der Waals surface area (Å²) in [5, 5.41) is 25.8. The van der Waals surface area contributed by atoms with Crippen molar-refractivity contribution in [3.05, 3.63) is 11.6 Å². The smallest absolute Gasteiger partial charge is 0.306 e. The number of ether oxygens (including phenoxy) is 3. The molecule has 3 fully saturated rings. The molecule has 0 aromatic rings. The molecule has 4 rings (SSSR count). The second kappa shape index (κ2) is 11.4. The second-order valence-electron chi connectivity index (χ2n) is 12.3. The van der Waals surface area contributed by atoms with Crippen molar-refractivity contribution in [2.75, 3.05) is 27.4 Å². The average molecular weight is 550 g/mol. The summed E-state index contributed by atoms with van der Waals surface area (Å²) in [5.41, 5.74) is -1.68. The normalized spacial score (nSPS) is 37.4. The number of esters is 1. The van der Waals surface area contributed by atoms with Crippen molar-refractivity contribution in [3.63, 3.8) is 0 Å². The maximum Gasteiger partial charge on any atom is 0.306 e. The van der Waals surface area contributed by atoms with Gasteiger partial charge < -0.3 is 29.7 Å². The number of amides is 1. The lowest BCUT2D eigenvalue weighted by molar-refractivity contribution is -0.184. The van der Waals surface area contributed by atoms with Crippen LogP contribution in [0.3, 0.4) is 0 Å². The number of fused-ring (bicyclic) bond motifs is 5. The summed E-state index contributed by atoms with van der Waals surface area (Å²) in [6, 6.07) is 0. The molecule has 7 atom stereocenters. The van der Waals surface area contributed by atoms with E-state index in [-0.39, 0.29) is 67.1 Å². The minimum absolute atomic E-state index is 0.0202. The largest absolute Gasteiger partial charge is 0.458 e. The van der Waals surface area contributed by atoms with Crippen LogP contribution in [0.25, 0.3) is 0 Å². The summed E-state index contributed by atoms with van der Waals surface area (Å²) in [6.07, 6.45) is 4.13. The monoisotopic (exact) mass is 549 g/mol. The number of ketones is 2. The van der Waals surface area contributed by atoms with Crippen LogP contribution in [0.5, 0.6) is 0 Å². The summed E-state index contributed by atoms with van der Waals surface area (Å²) >= 11 is 0. The predicted molar refractivity (Wildman–Crippen MR) is 139 cm³/mol. The molecule has 4 aliphatic rings. The molecule has 0 heterocycles. The van der Waals surface area contributed by atoms with Gasteiger partial charge in [0.1, 0.15) is 5.60 Å². The van der Waals surface area contributed by atoms with E-state index in [2.05, 4.69) is 12.2 Å². The molecule has 0 spiro atoms. The van der Waals surface area contributed by atoms with Crippen molar-refractivity contribution < 1.29 is 43.6 Å². The Bertz CT molecular complexity index is 1020. The molecule has 0 saturated heterocycles. The zero-order chi connectivity index (χ0) is 28.6. The van der Waals surface area contributed by atoms with E-state index in [0.717, 1.165) is 24.8 Å². The van der Waals surface area contributed by atoms with Gasteiger partial charge in [0.05, 0.1) is 19.1 Å². The number of carbonyl (C=O) groups excluding carboxylic acids is 4. The number of Topliss-reactive ketones (excluding diaryl/α,β-unsaturated/α-hetero) is 1. The Morgan fingerprint density at radius 2 is 1.82 bits per heavy atom. The van der Waals surface area contributed by atoms with Crippen LogP contribution < -0.4 is 5.32 Å². The molecule has 1 amide bonds. The van der Waals surface area contributed by atoms with E-state index < -0.39 is 41.8 Å². The van der Waals surface area contributed by atoms with Gasteiger partial charge >= 0.3 is 5.97 Å². The van der Waals surface area contributed by atoms with Crippen LogP contribution in [0.1, 0.15) is 71.6 Å². The van der Waals surface area contributed by atoms with E-state index in [9.17, 15) is 29.4 Å². The number of allylic oxidation sites excluding steroid dienone is 1. The molecule has 4 aliphatic carbocycles. The lowest BCUT2D eigenvalue weighted by Gasteiger charge is -2.60. The van der Waals surface area contributed by atoms with Gasteiger partial charge in [0.25, 0.3) is 0 Å². The van der Waals surface area contributed by atoms with Gasteiger partial charge in [0, 0.05) is 32.5 Å². The summed E-state index contributed by atoms with van der Waals surface area (Å²) in [7, 11) is 2.90. The fourth-order valence-corrected chi connectivity index (χ4v) is 8.25. The number of hydrogen-bond donors (Lipinski definition) is 3. The van der Waals surface area contributed by atoms with Gasteiger partial charge in [0.2, 0.25) is 11.7 Å². The Kier molecular flexibility index (Phi) is 8.71. The number of nitrogens with one attached hydrogen (secondary N) is 1. The van der Waals surface area contributed by atoms with E-state index in [4.69, 9.17) is 14.2 Å². The minimum atomic E-state index is -1.71. The molecule has 0 aliphatic heterocycles. The van der Waals surface area contributed by atoms with E-state index in [1.54, 1.807) is 6.08 Å². The third-order valence-electron chi connectivity index (χ3n) is 10.4. The lowest BCUT2D eigenvalue weighted by atomic mass is 9.45. The second-order valence-corrected chi connectivity index (χ2v) is 12.3. The van der Waals surface area contributed by atoms with E-state index >= 15 is 0 Å². The third kappa shape index (κ3) is 5.33. The highest BCUT2D eigenvalue weighted by molar-refractivity contribution is 5.92. The van der Waals surface area contributed by atoms with Gasteiger partial charge in [-0.1, -0.05) is 19.4 Å². The number of carbonyl (C=O) groups is 4. The zero-order valence-electron chi connectivity index (χ0n) is 23.5. The molecule has 39 heavy (non-hydrogen) atoms. The van der Waals surface area contributed by atoms with Crippen molar-refractivity contribution in [2.24, 2.45) is 28.6 Å². The number of methoxy groups -OCH3 is 2. The van der Waals surface area contributed by atoms with Gasteiger partial charge in [-0.3, -0.25) is 19.2 Å². The molecular formula is C29H43NO9. The minimum Gasteiger partial charge on any atom is -0.458 e. The Morgan fingerprint density at radius 3 is 2.51 bits per heavy atom. The molecule has 10 nitrogen and oxygen atoms in total. The fourth-order valence-electron chi connectivity index (χ4n) is 8.25. The number of hydrogen-bond acceptors (Lipinski definition) is 9. The molecule has 218 valence electrons. The highest BCUT2D eigenvalue weighted by atomic mass is 16.7. The van der Waals surface area contributed by atoms with Gasteiger partial charge in [-0.25, -0.2) is 0 Å². The van der Waals surface area contributed by atoms with Gasteiger partial charge in [0.15, 0.2) is 18.7 Å². The highest BCUT2D eigenvalue weighted by Crippen LogP contribution is 2.67. The van der Waals surface area contributed by atoms with E-state index in [1.165, 1.54) is 14.2 Å². The Labute approximate surface area is 229 Å². The van der Waals surface area contributed by atoms with Crippen molar-refractivity contribution >= 4 is 23.4 Å². The van der Waals surface area contributed by atoms with Gasteiger partial charge in [-0.15, -0.1) is 0 Å². The van der Waals surface area contributed by atoms with Crippen LogP contribution in [-0.2, 0) is 33.4 Å². The van der Waals surface area contributed by atoms with Crippen LogP contribution in [0, 0.1) is 28.6 Å². The van der Waals surface area contributed by atoms with Gasteiger partial charge in [-0.05, 0) is 67.8 Å². The van der Waals surface area contributed by atoms with Crippen LogP contribution in [-0.4, -0.2) is 79.0 Å². The molecule has 10 heteroatoms. The average Bonchev–Trinajstić information content (AvgIpc) is 3.17. The number of aliphatic hydroxyl groups is 2. The van der Waals surface area contributed by atoms with Gasteiger partial charge in [-0.2, -0.15) is 0 Å². The Balaban J connectivity index is 1.36. The third-order valence-corrected chi connectivity index (χ3v) is 10.4. The summed E-state index contributed by atoms with van der Waals surface area (Å²) < 4.78 is 15.2. The van der Waals surface area contributed by atoms with Crippen molar-refractivity contribution in [1.82, 2.24) is 5.32 Å². The van der Waals surface area contributed by atoms with Crippen LogP contribution >= 0.6 is 0 Å². The summed E-state index contributed by atoms with van der Waals surface area (Å²) in [5.74, 6) is -1.34. The maximum atomic E-state index is 13.3. The SMILES string of the molecule is COC(CNC(=O)CCC(=O)OCC(=O)[C@@]1(O)CC[C@H]2[C@@H]3CCC4=CC(=O)CC[C@]4(C)[C@H]3[C@H](O)C[C@@]21C)OC. The Hall–Kier alpha value is -2.14. The molecule has 3 saturated carbocycles. The van der Waals surface area contributed by atoms with Crippen LogP contribution in [0.2, 0.25) is 0 Å². The molecular weight excluding hydrogens is 506 g/mol. The van der Waals surface area contributed by atoms with Crippen molar-refractivity contribution in [1.29, 1.82) is 0 Å². The quantitative estimate of drug-likeness (QED) is 0.274. The summed E-state index contributed by atoms with van der Waals surface area (Å²) in [4.78, 5) is 49.7. The highest BCUT2D eigenvalue weighted by Gasteiger charge is 2.68. The molecule has 0 unspecified atom stereocenters. The van der Waals surface area contributed by atoms with E-state index in [0.29, 0.717) is 12.8 Å². The number of rotatable bonds is 10. The van der Waals surface area contributed by atoms with Crippen LogP contribution in [0.4, 0.5) is 0 Å². The Morgan fingerprint density at radius 1 is 1.10 bits per heavy atom. The molecule has 0 radical (unpaired) electrons. The van der Waals surface area contributed by atoms with E-state index in [1.807, 2.05) is 6.92 Å². The first kappa shape index (κ1) is 29.8. The molecule has 3 N–H and O–H groups in total. The first-order chi connectivity index (χ1) is 18.4. The maximum absolute atomic E-state index is 13.3. The summed E-state index contributed by atoms with van der Waals surface area (Å²) in [6.45, 7) is 3.60. The van der Waals surface area contributed by atoms with Crippen LogP contribution in [0.15, 0.2) is 11.6 Å². The standard InChI is InChI=1S/C29H43NO9/c1-27-11-9-18(31)13-17(27)5-6-19-20-10-12-29(36,28(20,2)14-21(32)26(19)27)22(33)16-39-24(35)8-7-23(34)30-15-25(37-3)38-4/h13,19-21,25-26,32,36H,5-12,14-16H2,1-4H3,(H,30,34)/t19-,20-,21+,26+,27-,28-,29-/m0/s1. The fraction of sp³-hybridized carbons (Fsp3) is 0.793.